The van der Waals surface area contributed by atoms with Crippen molar-refractivity contribution < 1.29 is 4.74 Å². The van der Waals surface area contributed by atoms with Gasteiger partial charge in [0.15, 0.2) is 0 Å². The number of ether oxygens (including phenoxy) is 1. The number of benzene rings is 1. The molecule has 0 atom stereocenters. The molecule has 0 spiro atoms. The Hall–Kier alpha value is -2.03. The highest BCUT2D eigenvalue weighted by atomic mass is 16.5. The van der Waals surface area contributed by atoms with E-state index in [1.165, 1.54) is 5.56 Å². The molecular formula is C16H20N2O. The van der Waals surface area contributed by atoms with Gasteiger partial charge in [0.2, 0.25) is 0 Å². The van der Waals surface area contributed by atoms with E-state index < -0.39 is 0 Å². The number of hydrogen-bond donors (Lipinski definition) is 1. The van der Waals surface area contributed by atoms with E-state index in [1.54, 1.807) is 6.20 Å². The van der Waals surface area contributed by atoms with E-state index in [0.29, 0.717) is 0 Å². The highest BCUT2D eigenvalue weighted by molar-refractivity contribution is 5.42. The second-order valence-corrected chi connectivity index (χ2v) is 5.51. The van der Waals surface area contributed by atoms with Gasteiger partial charge in [-0.15, -0.1) is 0 Å². The van der Waals surface area contributed by atoms with Crippen LogP contribution in [0.1, 0.15) is 26.3 Å². The molecule has 0 unspecified atom stereocenters. The third kappa shape index (κ3) is 3.47. The Morgan fingerprint density at radius 2 is 1.79 bits per heavy atom. The van der Waals surface area contributed by atoms with Crippen molar-refractivity contribution in [3.8, 4) is 11.5 Å². The average molecular weight is 256 g/mol. The van der Waals surface area contributed by atoms with Crippen molar-refractivity contribution in [2.75, 3.05) is 12.4 Å². The molecule has 0 aliphatic heterocycles. The van der Waals surface area contributed by atoms with Crippen LogP contribution in [0.25, 0.3) is 0 Å². The molecule has 1 heterocycles. The minimum absolute atomic E-state index is 0.119. The van der Waals surface area contributed by atoms with Gasteiger partial charge in [-0.3, -0.25) is 0 Å². The van der Waals surface area contributed by atoms with Crippen molar-refractivity contribution in [2.24, 2.45) is 0 Å². The molecular weight excluding hydrogens is 236 g/mol. The molecule has 0 aliphatic carbocycles. The predicted molar refractivity (Wildman–Crippen MR) is 79.0 cm³/mol. The maximum Gasteiger partial charge on any atom is 0.132 e. The molecule has 0 saturated carbocycles. The van der Waals surface area contributed by atoms with Gasteiger partial charge in [0.05, 0.1) is 0 Å². The molecule has 0 fully saturated rings. The Morgan fingerprint density at radius 3 is 2.47 bits per heavy atom. The lowest BCUT2D eigenvalue weighted by molar-refractivity contribution is 0.478. The third-order valence-corrected chi connectivity index (χ3v) is 2.92. The van der Waals surface area contributed by atoms with E-state index >= 15 is 0 Å². The molecule has 1 aromatic heterocycles. The van der Waals surface area contributed by atoms with Crippen LogP contribution in [0.4, 0.5) is 5.82 Å². The second-order valence-electron chi connectivity index (χ2n) is 5.51. The Kier molecular flexibility index (Phi) is 3.74. The zero-order chi connectivity index (χ0) is 13.9. The van der Waals surface area contributed by atoms with Gasteiger partial charge in [-0.05, 0) is 29.2 Å². The van der Waals surface area contributed by atoms with Crippen LogP contribution in [0, 0.1) is 0 Å². The van der Waals surface area contributed by atoms with Crippen molar-refractivity contribution in [2.45, 2.75) is 26.2 Å². The maximum atomic E-state index is 5.88. The van der Waals surface area contributed by atoms with Crippen LogP contribution in [0.5, 0.6) is 11.5 Å². The van der Waals surface area contributed by atoms with Crippen LogP contribution in [-0.4, -0.2) is 12.0 Å². The summed E-state index contributed by atoms with van der Waals surface area (Å²) in [4.78, 5) is 4.17. The molecule has 0 bridgehead atoms. The number of pyridine rings is 1. The minimum atomic E-state index is 0.119. The van der Waals surface area contributed by atoms with Crippen molar-refractivity contribution in [3.63, 3.8) is 0 Å². The second kappa shape index (κ2) is 5.31. The number of nitrogens with one attached hydrogen (secondary N) is 1. The molecule has 0 amide bonds. The summed E-state index contributed by atoms with van der Waals surface area (Å²) < 4.78 is 5.88. The summed E-state index contributed by atoms with van der Waals surface area (Å²) in [5.41, 5.74) is 1.38. The molecule has 2 aromatic rings. The Balaban J connectivity index is 2.23. The molecule has 2 rings (SSSR count). The van der Waals surface area contributed by atoms with Gasteiger partial charge >= 0.3 is 0 Å². The van der Waals surface area contributed by atoms with Gasteiger partial charge in [0.25, 0.3) is 0 Å². The first-order valence-corrected chi connectivity index (χ1v) is 6.41. The fourth-order valence-corrected chi connectivity index (χ4v) is 1.77. The van der Waals surface area contributed by atoms with Crippen LogP contribution in [0.3, 0.4) is 0 Å². The van der Waals surface area contributed by atoms with E-state index in [0.717, 1.165) is 17.3 Å². The third-order valence-electron chi connectivity index (χ3n) is 2.92. The Labute approximate surface area is 114 Å². The molecule has 100 valence electrons. The standard InChI is InChI=1S/C16H20N2O/c1-16(2,3)12-6-5-7-13(10-12)19-14-8-9-18-15(11-14)17-4/h5-11H,1-4H3,(H,17,18). The molecule has 0 saturated heterocycles. The van der Waals surface area contributed by atoms with Gasteiger partial charge in [0.1, 0.15) is 17.3 Å². The molecule has 1 N–H and O–H groups in total. The zero-order valence-electron chi connectivity index (χ0n) is 11.9. The molecule has 0 radical (unpaired) electrons. The van der Waals surface area contributed by atoms with Crippen LogP contribution >= 0.6 is 0 Å². The summed E-state index contributed by atoms with van der Waals surface area (Å²) >= 11 is 0. The highest BCUT2D eigenvalue weighted by Crippen LogP contribution is 2.28. The van der Waals surface area contributed by atoms with E-state index in [2.05, 4.69) is 43.2 Å². The van der Waals surface area contributed by atoms with E-state index in [4.69, 9.17) is 4.74 Å². The average Bonchev–Trinajstić information content (AvgIpc) is 2.38. The summed E-state index contributed by atoms with van der Waals surface area (Å²) in [6.45, 7) is 6.58. The van der Waals surface area contributed by atoms with Crippen LogP contribution in [0.2, 0.25) is 0 Å². The van der Waals surface area contributed by atoms with Crippen LogP contribution < -0.4 is 10.1 Å². The maximum absolute atomic E-state index is 5.88. The van der Waals surface area contributed by atoms with E-state index in [-0.39, 0.29) is 5.41 Å². The number of aromatic nitrogens is 1. The molecule has 3 nitrogen and oxygen atoms in total. The first-order valence-electron chi connectivity index (χ1n) is 6.41. The highest BCUT2D eigenvalue weighted by Gasteiger charge is 2.14. The summed E-state index contributed by atoms with van der Waals surface area (Å²) in [6.07, 6.45) is 1.73. The number of rotatable bonds is 3. The normalized spacial score (nSPS) is 11.2. The number of anilines is 1. The summed E-state index contributed by atoms with van der Waals surface area (Å²) in [5.74, 6) is 2.43. The lowest BCUT2D eigenvalue weighted by Gasteiger charge is -2.19. The van der Waals surface area contributed by atoms with Crippen molar-refractivity contribution >= 4 is 5.82 Å². The van der Waals surface area contributed by atoms with Gasteiger partial charge < -0.3 is 10.1 Å². The smallest absolute Gasteiger partial charge is 0.132 e. The largest absolute Gasteiger partial charge is 0.457 e. The van der Waals surface area contributed by atoms with Gasteiger partial charge in [-0.2, -0.15) is 0 Å². The van der Waals surface area contributed by atoms with Crippen molar-refractivity contribution in [3.05, 3.63) is 48.2 Å². The van der Waals surface area contributed by atoms with Crippen molar-refractivity contribution in [1.82, 2.24) is 4.98 Å². The van der Waals surface area contributed by atoms with E-state index in [9.17, 15) is 0 Å². The summed E-state index contributed by atoms with van der Waals surface area (Å²) in [7, 11) is 1.84. The topological polar surface area (TPSA) is 34.1 Å². The quantitative estimate of drug-likeness (QED) is 0.893. The van der Waals surface area contributed by atoms with E-state index in [1.807, 2.05) is 31.3 Å². The van der Waals surface area contributed by atoms with Crippen molar-refractivity contribution in [1.29, 1.82) is 0 Å². The van der Waals surface area contributed by atoms with Gasteiger partial charge in [0, 0.05) is 19.3 Å². The molecule has 19 heavy (non-hydrogen) atoms. The molecule has 1 aromatic carbocycles. The fraction of sp³-hybridized carbons (Fsp3) is 0.312. The first-order chi connectivity index (χ1) is 8.99. The molecule has 3 heteroatoms. The number of hydrogen-bond acceptors (Lipinski definition) is 3. The monoisotopic (exact) mass is 256 g/mol. The van der Waals surface area contributed by atoms with Gasteiger partial charge in [-0.25, -0.2) is 4.98 Å². The van der Waals surface area contributed by atoms with Crippen LogP contribution in [-0.2, 0) is 5.41 Å². The first kappa shape index (κ1) is 13.4. The minimum Gasteiger partial charge on any atom is -0.457 e. The SMILES string of the molecule is CNc1cc(Oc2cccc(C(C)(C)C)c2)ccn1. The lowest BCUT2D eigenvalue weighted by atomic mass is 9.87. The van der Waals surface area contributed by atoms with Gasteiger partial charge in [-0.1, -0.05) is 32.9 Å². The predicted octanol–water partition coefficient (Wildman–Crippen LogP) is 4.21. The zero-order valence-corrected chi connectivity index (χ0v) is 11.9. The lowest BCUT2D eigenvalue weighted by Crippen LogP contribution is -2.10. The summed E-state index contributed by atoms with van der Waals surface area (Å²) in [5, 5.41) is 3.00. The molecule has 0 aliphatic rings. The Morgan fingerprint density at radius 1 is 1.05 bits per heavy atom. The number of nitrogens with zero attached hydrogens (tertiary/aromatic N) is 1. The summed E-state index contributed by atoms with van der Waals surface area (Å²) in [6, 6.07) is 11.9. The Bertz CT molecular complexity index is 559. The van der Waals surface area contributed by atoms with Crippen LogP contribution in [0.15, 0.2) is 42.6 Å². The fourth-order valence-electron chi connectivity index (χ4n) is 1.77.